The minimum absolute atomic E-state index is 0.179. The van der Waals surface area contributed by atoms with Gasteiger partial charge in [-0.15, -0.1) is 0 Å². The van der Waals surface area contributed by atoms with Crippen LogP contribution in [0.3, 0.4) is 0 Å². The van der Waals surface area contributed by atoms with E-state index in [1.165, 1.54) is 6.07 Å². The Kier molecular flexibility index (Phi) is 5.65. The standard InChI is InChI=1S/C19H20F3NO/c1-13-5-3-6-15(11-13)9-10-18(24)23-14(2)16-7-4-8-17(12-16)19(20,21)22/h3-8,11-12,14H,9-10H2,1-2H3,(H,23,24). The Balaban J connectivity index is 1.94. The summed E-state index contributed by atoms with van der Waals surface area (Å²) in [4.78, 5) is 12.0. The van der Waals surface area contributed by atoms with Crippen LogP contribution in [0.15, 0.2) is 48.5 Å². The third-order valence-electron chi connectivity index (χ3n) is 3.81. The Morgan fingerprint density at radius 3 is 2.50 bits per heavy atom. The van der Waals surface area contributed by atoms with Crippen molar-refractivity contribution in [2.75, 3.05) is 0 Å². The van der Waals surface area contributed by atoms with Gasteiger partial charge < -0.3 is 5.32 Å². The summed E-state index contributed by atoms with van der Waals surface area (Å²) >= 11 is 0. The molecule has 1 atom stereocenters. The SMILES string of the molecule is Cc1cccc(CCC(=O)NC(C)c2cccc(C(F)(F)F)c2)c1. The van der Waals surface area contributed by atoms with Crippen LogP contribution in [-0.4, -0.2) is 5.91 Å². The molecule has 0 saturated heterocycles. The van der Waals surface area contributed by atoms with Crippen LogP contribution >= 0.6 is 0 Å². The number of amides is 1. The van der Waals surface area contributed by atoms with Gasteiger partial charge in [0.1, 0.15) is 0 Å². The largest absolute Gasteiger partial charge is 0.416 e. The summed E-state index contributed by atoms with van der Waals surface area (Å²) in [5, 5.41) is 2.75. The summed E-state index contributed by atoms with van der Waals surface area (Å²) in [5.41, 5.74) is 1.93. The maximum absolute atomic E-state index is 12.7. The molecule has 0 saturated carbocycles. The molecule has 2 rings (SSSR count). The molecule has 0 radical (unpaired) electrons. The predicted octanol–water partition coefficient (Wildman–Crippen LogP) is 4.82. The van der Waals surface area contributed by atoms with Crippen LogP contribution < -0.4 is 5.32 Å². The number of rotatable bonds is 5. The van der Waals surface area contributed by atoms with Crippen LogP contribution in [0.5, 0.6) is 0 Å². The van der Waals surface area contributed by atoms with E-state index < -0.39 is 17.8 Å². The highest BCUT2D eigenvalue weighted by Crippen LogP contribution is 2.30. The molecule has 1 N–H and O–H groups in total. The molecule has 128 valence electrons. The molecule has 0 aliphatic heterocycles. The normalized spacial score (nSPS) is 12.7. The van der Waals surface area contributed by atoms with Crippen molar-refractivity contribution in [2.24, 2.45) is 0 Å². The van der Waals surface area contributed by atoms with Crippen LogP contribution in [0, 0.1) is 6.92 Å². The van der Waals surface area contributed by atoms with E-state index in [9.17, 15) is 18.0 Å². The number of alkyl halides is 3. The van der Waals surface area contributed by atoms with Crippen molar-refractivity contribution in [3.05, 3.63) is 70.8 Å². The van der Waals surface area contributed by atoms with Gasteiger partial charge in [0.2, 0.25) is 5.91 Å². The van der Waals surface area contributed by atoms with E-state index in [1.54, 1.807) is 13.0 Å². The Morgan fingerprint density at radius 1 is 1.12 bits per heavy atom. The van der Waals surface area contributed by atoms with Gasteiger partial charge in [-0.1, -0.05) is 42.0 Å². The van der Waals surface area contributed by atoms with Crippen LogP contribution in [0.4, 0.5) is 13.2 Å². The van der Waals surface area contributed by atoms with Gasteiger partial charge in [-0.25, -0.2) is 0 Å². The Bertz CT molecular complexity index is 710. The maximum Gasteiger partial charge on any atom is 0.416 e. The number of aryl methyl sites for hydroxylation is 2. The molecule has 1 amide bonds. The first kappa shape index (κ1) is 18.0. The van der Waals surface area contributed by atoms with Crippen molar-refractivity contribution < 1.29 is 18.0 Å². The highest BCUT2D eigenvalue weighted by molar-refractivity contribution is 5.76. The lowest BCUT2D eigenvalue weighted by Gasteiger charge is -2.16. The molecule has 0 aliphatic rings. The average molecular weight is 335 g/mol. The summed E-state index contributed by atoms with van der Waals surface area (Å²) in [6.07, 6.45) is -3.49. The minimum atomic E-state index is -4.38. The second-order valence-electron chi connectivity index (χ2n) is 5.90. The summed E-state index contributed by atoms with van der Waals surface area (Å²) in [7, 11) is 0. The van der Waals surface area contributed by atoms with E-state index >= 15 is 0 Å². The number of carbonyl (C=O) groups excluding carboxylic acids is 1. The molecule has 0 aromatic heterocycles. The van der Waals surface area contributed by atoms with Gasteiger partial charge in [0.25, 0.3) is 0 Å². The van der Waals surface area contributed by atoms with Crippen molar-refractivity contribution in [1.29, 1.82) is 0 Å². The zero-order chi connectivity index (χ0) is 17.7. The number of benzene rings is 2. The van der Waals surface area contributed by atoms with Gasteiger partial charge >= 0.3 is 6.18 Å². The highest BCUT2D eigenvalue weighted by atomic mass is 19.4. The van der Waals surface area contributed by atoms with Gasteiger partial charge in [-0.05, 0) is 43.5 Å². The monoisotopic (exact) mass is 335 g/mol. The fourth-order valence-electron chi connectivity index (χ4n) is 2.51. The molecule has 0 spiro atoms. The van der Waals surface area contributed by atoms with Crippen molar-refractivity contribution in [2.45, 2.75) is 38.9 Å². The third kappa shape index (κ3) is 5.11. The van der Waals surface area contributed by atoms with Crippen molar-refractivity contribution >= 4 is 5.91 Å². The van der Waals surface area contributed by atoms with Gasteiger partial charge in [-0.2, -0.15) is 13.2 Å². The van der Waals surface area contributed by atoms with Crippen LogP contribution in [0.2, 0.25) is 0 Å². The molecule has 5 heteroatoms. The van der Waals surface area contributed by atoms with E-state index in [2.05, 4.69) is 5.32 Å². The molecular formula is C19H20F3NO. The van der Waals surface area contributed by atoms with Crippen LogP contribution in [0.25, 0.3) is 0 Å². The van der Waals surface area contributed by atoms with E-state index in [-0.39, 0.29) is 5.91 Å². The average Bonchev–Trinajstić information content (AvgIpc) is 2.52. The van der Waals surface area contributed by atoms with Crippen molar-refractivity contribution in [3.8, 4) is 0 Å². The number of carbonyl (C=O) groups is 1. The van der Waals surface area contributed by atoms with E-state index in [0.29, 0.717) is 18.4 Å². The van der Waals surface area contributed by atoms with Crippen LogP contribution in [0.1, 0.15) is 41.6 Å². The smallest absolute Gasteiger partial charge is 0.350 e. The number of hydrogen-bond donors (Lipinski definition) is 1. The molecular weight excluding hydrogens is 315 g/mol. The molecule has 0 fully saturated rings. The van der Waals surface area contributed by atoms with E-state index in [0.717, 1.165) is 23.3 Å². The maximum atomic E-state index is 12.7. The first-order valence-corrected chi connectivity index (χ1v) is 7.78. The lowest BCUT2D eigenvalue weighted by Crippen LogP contribution is -2.27. The van der Waals surface area contributed by atoms with Crippen molar-refractivity contribution in [1.82, 2.24) is 5.32 Å². The first-order chi connectivity index (χ1) is 11.3. The lowest BCUT2D eigenvalue weighted by molar-refractivity contribution is -0.137. The quantitative estimate of drug-likeness (QED) is 0.833. The molecule has 1 unspecified atom stereocenters. The van der Waals surface area contributed by atoms with Gasteiger partial charge in [0.15, 0.2) is 0 Å². The third-order valence-corrected chi connectivity index (χ3v) is 3.81. The first-order valence-electron chi connectivity index (χ1n) is 7.78. The predicted molar refractivity (Wildman–Crippen MR) is 87.5 cm³/mol. The zero-order valence-corrected chi connectivity index (χ0v) is 13.7. The number of hydrogen-bond acceptors (Lipinski definition) is 1. The van der Waals surface area contributed by atoms with E-state index in [1.807, 2.05) is 31.2 Å². The van der Waals surface area contributed by atoms with E-state index in [4.69, 9.17) is 0 Å². The number of nitrogens with one attached hydrogen (secondary N) is 1. The second kappa shape index (κ2) is 7.51. The molecule has 2 nitrogen and oxygen atoms in total. The van der Waals surface area contributed by atoms with Crippen molar-refractivity contribution in [3.63, 3.8) is 0 Å². The zero-order valence-electron chi connectivity index (χ0n) is 13.7. The molecule has 0 aliphatic carbocycles. The van der Waals surface area contributed by atoms with Gasteiger partial charge in [0, 0.05) is 6.42 Å². The fourth-order valence-corrected chi connectivity index (χ4v) is 2.51. The second-order valence-corrected chi connectivity index (χ2v) is 5.90. The van der Waals surface area contributed by atoms with Gasteiger partial charge in [-0.3, -0.25) is 4.79 Å². The molecule has 0 heterocycles. The molecule has 2 aromatic carbocycles. The number of halogens is 3. The fraction of sp³-hybridized carbons (Fsp3) is 0.316. The Labute approximate surface area is 139 Å². The Morgan fingerprint density at radius 2 is 1.83 bits per heavy atom. The Hall–Kier alpha value is -2.30. The lowest BCUT2D eigenvalue weighted by atomic mass is 10.0. The molecule has 24 heavy (non-hydrogen) atoms. The summed E-state index contributed by atoms with van der Waals surface area (Å²) in [6, 6.07) is 12.5. The molecule has 2 aromatic rings. The van der Waals surface area contributed by atoms with Crippen LogP contribution in [-0.2, 0) is 17.4 Å². The summed E-state index contributed by atoms with van der Waals surface area (Å²) in [5.74, 6) is -0.179. The van der Waals surface area contributed by atoms with Gasteiger partial charge in [0.05, 0.1) is 11.6 Å². The minimum Gasteiger partial charge on any atom is -0.350 e. The summed E-state index contributed by atoms with van der Waals surface area (Å²) < 4.78 is 38.2. The topological polar surface area (TPSA) is 29.1 Å². The summed E-state index contributed by atoms with van der Waals surface area (Å²) in [6.45, 7) is 3.67. The highest BCUT2D eigenvalue weighted by Gasteiger charge is 2.30. The molecule has 0 bridgehead atoms.